The molecule has 1 fully saturated rings. The summed E-state index contributed by atoms with van der Waals surface area (Å²) in [4.78, 5) is 49.0. The van der Waals surface area contributed by atoms with Crippen molar-refractivity contribution in [2.75, 3.05) is 11.9 Å². The predicted molar refractivity (Wildman–Crippen MR) is 136 cm³/mol. The Balaban J connectivity index is 1.63. The second-order valence-electron chi connectivity index (χ2n) is 9.04. The average Bonchev–Trinajstić information content (AvgIpc) is 2.87. The van der Waals surface area contributed by atoms with Gasteiger partial charge in [0.2, 0.25) is 15.9 Å². The standard InChI is InChI=1S/C24H27F3N6O6S/c25-24(26,27)14-7-10-17(33-23(28)37)16(11-14)22(36)30-12-20(34)31-18-3-1-2-4-19(18)32-21(35)13-5-8-15(9-6-13)40(29,38)39/h5-11,18-19H,1-4,12H2,(H,30,36)(H,31,34)(H,32,35)(H3,28,33,37)(H2,29,38,39)/t18-,19+/m1/s1. The number of hydrogen-bond acceptors (Lipinski definition) is 6. The van der Waals surface area contributed by atoms with E-state index in [-0.39, 0.29) is 16.1 Å². The van der Waals surface area contributed by atoms with E-state index in [9.17, 15) is 40.8 Å². The molecule has 0 heterocycles. The highest BCUT2D eigenvalue weighted by molar-refractivity contribution is 7.89. The van der Waals surface area contributed by atoms with Gasteiger partial charge < -0.3 is 27.0 Å². The first-order valence-corrected chi connectivity index (χ1v) is 13.5. The molecule has 216 valence electrons. The molecule has 1 aliphatic carbocycles. The Hall–Kier alpha value is -4.18. The molecule has 3 rings (SSSR count). The van der Waals surface area contributed by atoms with E-state index in [4.69, 9.17) is 10.9 Å². The zero-order chi connectivity index (χ0) is 29.7. The highest BCUT2D eigenvalue weighted by Gasteiger charge is 2.32. The van der Waals surface area contributed by atoms with Crippen LogP contribution in [-0.2, 0) is 21.0 Å². The van der Waals surface area contributed by atoms with Crippen molar-refractivity contribution >= 4 is 39.5 Å². The van der Waals surface area contributed by atoms with Crippen molar-refractivity contribution < 1.29 is 40.8 Å². The number of urea groups is 1. The number of alkyl halides is 3. The van der Waals surface area contributed by atoms with Crippen molar-refractivity contribution in [1.29, 1.82) is 0 Å². The molecule has 0 bridgehead atoms. The molecule has 0 unspecified atom stereocenters. The molecule has 5 amide bonds. The summed E-state index contributed by atoms with van der Waals surface area (Å²) in [5.41, 5.74) is 3.24. The molecule has 16 heteroatoms. The Morgan fingerprint density at radius 1 is 0.900 bits per heavy atom. The maximum atomic E-state index is 13.1. The number of halogens is 3. The summed E-state index contributed by atoms with van der Waals surface area (Å²) in [6, 6.07) is 4.98. The first-order valence-electron chi connectivity index (χ1n) is 11.9. The van der Waals surface area contributed by atoms with E-state index >= 15 is 0 Å². The Bertz CT molecular complexity index is 1400. The van der Waals surface area contributed by atoms with Gasteiger partial charge in [-0.1, -0.05) is 12.8 Å². The van der Waals surface area contributed by atoms with Crippen molar-refractivity contribution in [3.8, 4) is 0 Å². The predicted octanol–water partition coefficient (Wildman–Crippen LogP) is 1.43. The van der Waals surface area contributed by atoms with Gasteiger partial charge in [-0.25, -0.2) is 18.4 Å². The van der Waals surface area contributed by atoms with E-state index in [1.54, 1.807) is 0 Å². The van der Waals surface area contributed by atoms with Gasteiger partial charge in [-0.05, 0) is 55.3 Å². The maximum Gasteiger partial charge on any atom is 0.416 e. The lowest BCUT2D eigenvalue weighted by Crippen LogP contribution is -2.54. The monoisotopic (exact) mass is 584 g/mol. The number of nitrogens with one attached hydrogen (secondary N) is 4. The van der Waals surface area contributed by atoms with Gasteiger partial charge in [-0.3, -0.25) is 14.4 Å². The van der Waals surface area contributed by atoms with Crippen molar-refractivity contribution in [3.63, 3.8) is 0 Å². The fourth-order valence-corrected chi connectivity index (χ4v) is 4.70. The van der Waals surface area contributed by atoms with E-state index < -0.39 is 69.7 Å². The number of primary amides is 1. The molecule has 0 radical (unpaired) electrons. The van der Waals surface area contributed by atoms with Gasteiger partial charge in [-0.2, -0.15) is 13.2 Å². The fourth-order valence-electron chi connectivity index (χ4n) is 4.19. The summed E-state index contributed by atoms with van der Waals surface area (Å²) in [7, 11) is -3.92. The number of carbonyl (C=O) groups is 4. The summed E-state index contributed by atoms with van der Waals surface area (Å²) in [6.07, 6.45) is -2.20. The van der Waals surface area contributed by atoms with Crippen LogP contribution in [0.1, 0.15) is 52.0 Å². The quantitative estimate of drug-likeness (QED) is 0.271. The number of anilines is 1. The van der Waals surface area contributed by atoms with Crippen LogP contribution in [-0.4, -0.2) is 50.8 Å². The molecule has 0 aliphatic heterocycles. The van der Waals surface area contributed by atoms with Gasteiger partial charge in [0.1, 0.15) is 0 Å². The van der Waals surface area contributed by atoms with Gasteiger partial charge in [0.05, 0.1) is 28.3 Å². The Labute approximate surface area is 227 Å². The van der Waals surface area contributed by atoms with Crippen molar-refractivity contribution in [1.82, 2.24) is 16.0 Å². The molecule has 1 saturated carbocycles. The van der Waals surface area contributed by atoms with Crippen LogP contribution in [0.2, 0.25) is 0 Å². The van der Waals surface area contributed by atoms with Crippen LogP contribution in [0.15, 0.2) is 47.4 Å². The summed E-state index contributed by atoms with van der Waals surface area (Å²) >= 11 is 0. The van der Waals surface area contributed by atoms with Crippen molar-refractivity contribution in [2.24, 2.45) is 10.9 Å². The number of sulfonamides is 1. The molecule has 0 aromatic heterocycles. The lowest BCUT2D eigenvalue weighted by Gasteiger charge is -2.33. The largest absolute Gasteiger partial charge is 0.416 e. The lowest BCUT2D eigenvalue weighted by molar-refractivity contribution is -0.137. The number of hydrogen-bond donors (Lipinski definition) is 6. The summed E-state index contributed by atoms with van der Waals surface area (Å²) < 4.78 is 62.2. The Kier molecular flexibility index (Phi) is 9.36. The number of amides is 5. The van der Waals surface area contributed by atoms with Gasteiger partial charge in [-0.15, -0.1) is 0 Å². The zero-order valence-corrected chi connectivity index (χ0v) is 21.7. The van der Waals surface area contributed by atoms with E-state index in [0.717, 1.165) is 18.9 Å². The fraction of sp³-hybridized carbons (Fsp3) is 0.333. The zero-order valence-electron chi connectivity index (χ0n) is 20.9. The molecule has 40 heavy (non-hydrogen) atoms. The molecule has 2 atom stereocenters. The molecule has 2 aromatic rings. The SMILES string of the molecule is NC(=O)Nc1ccc(C(F)(F)F)cc1C(=O)NCC(=O)N[C@@H]1CCCC[C@@H]1NC(=O)c1ccc(S(N)(=O)=O)cc1. The summed E-state index contributed by atoms with van der Waals surface area (Å²) in [6.45, 7) is -0.600. The van der Waals surface area contributed by atoms with Gasteiger partial charge >= 0.3 is 12.2 Å². The van der Waals surface area contributed by atoms with Crippen LogP contribution >= 0.6 is 0 Å². The van der Waals surface area contributed by atoms with Gasteiger partial charge in [0.15, 0.2) is 0 Å². The number of nitrogens with two attached hydrogens (primary N) is 2. The first kappa shape index (κ1) is 30.4. The third kappa shape index (κ3) is 8.16. The molecule has 0 spiro atoms. The van der Waals surface area contributed by atoms with Crippen molar-refractivity contribution in [2.45, 2.75) is 48.8 Å². The minimum atomic E-state index is -4.76. The molecule has 1 aliphatic rings. The minimum Gasteiger partial charge on any atom is -0.351 e. The second-order valence-corrected chi connectivity index (χ2v) is 10.6. The van der Waals surface area contributed by atoms with E-state index in [1.807, 2.05) is 0 Å². The molecule has 0 saturated heterocycles. The maximum absolute atomic E-state index is 13.1. The van der Waals surface area contributed by atoms with E-state index in [2.05, 4.69) is 21.3 Å². The van der Waals surface area contributed by atoms with Crippen molar-refractivity contribution in [3.05, 3.63) is 59.2 Å². The van der Waals surface area contributed by atoms with Crippen LogP contribution in [0.4, 0.5) is 23.7 Å². The Morgan fingerprint density at radius 2 is 1.50 bits per heavy atom. The van der Waals surface area contributed by atoms with Crippen LogP contribution in [0.25, 0.3) is 0 Å². The number of carbonyl (C=O) groups excluding carboxylic acids is 4. The topological polar surface area (TPSA) is 203 Å². The van der Waals surface area contributed by atoms with Crippen LogP contribution in [0.5, 0.6) is 0 Å². The molecule has 12 nitrogen and oxygen atoms in total. The first-order chi connectivity index (χ1) is 18.6. The third-order valence-corrected chi connectivity index (χ3v) is 7.06. The summed E-state index contributed by atoms with van der Waals surface area (Å²) in [5.74, 6) is -2.21. The van der Waals surface area contributed by atoms with E-state index in [1.165, 1.54) is 24.3 Å². The highest BCUT2D eigenvalue weighted by atomic mass is 32.2. The summed E-state index contributed by atoms with van der Waals surface area (Å²) in [5, 5.41) is 14.9. The molecular formula is C24H27F3N6O6S. The van der Waals surface area contributed by atoms with E-state index in [0.29, 0.717) is 25.0 Å². The molecule has 2 aromatic carbocycles. The third-order valence-electron chi connectivity index (χ3n) is 6.13. The lowest BCUT2D eigenvalue weighted by atomic mass is 9.90. The average molecular weight is 585 g/mol. The minimum absolute atomic E-state index is 0.156. The Morgan fingerprint density at radius 3 is 2.05 bits per heavy atom. The highest BCUT2D eigenvalue weighted by Crippen LogP contribution is 2.32. The normalized spacial score (nSPS) is 17.4. The number of primary sulfonamides is 1. The van der Waals surface area contributed by atoms with Gasteiger partial charge in [0, 0.05) is 17.6 Å². The van der Waals surface area contributed by atoms with Crippen LogP contribution in [0, 0.1) is 0 Å². The molecular weight excluding hydrogens is 557 g/mol. The molecule has 8 N–H and O–H groups in total. The van der Waals surface area contributed by atoms with Crippen LogP contribution in [0.3, 0.4) is 0 Å². The smallest absolute Gasteiger partial charge is 0.351 e. The second kappa shape index (κ2) is 12.3. The van der Waals surface area contributed by atoms with Gasteiger partial charge in [0.25, 0.3) is 11.8 Å². The number of rotatable bonds is 8. The van der Waals surface area contributed by atoms with Crippen LogP contribution < -0.4 is 32.1 Å². The number of benzene rings is 2.